The third-order valence-corrected chi connectivity index (χ3v) is 11.6. The van der Waals surface area contributed by atoms with Crippen molar-refractivity contribution >= 4 is 27.5 Å². The fourth-order valence-corrected chi connectivity index (χ4v) is 8.30. The number of hydrogen-bond donors (Lipinski definition) is 2. The van der Waals surface area contributed by atoms with Crippen LogP contribution in [0.4, 0.5) is 4.79 Å². The number of aromatic nitrogens is 1. The molecule has 2 fully saturated rings. The highest BCUT2D eigenvalue weighted by atomic mass is 32.2. The minimum absolute atomic E-state index is 0.0100. The molecule has 2 aromatic carbocycles. The SMILES string of the molecule is CCC(C)N(C[C@@H](O)[C@H](Cc1ccc(OCc2csc(C)n2)cc1)NC(=O)O[C@H]1CO[C@H]2OCC[C@H]21)S(=O)(=O)c1ccc2c(c1)OCO2. The van der Waals surface area contributed by atoms with Gasteiger partial charge in [0.05, 0.1) is 46.9 Å². The Labute approximate surface area is 284 Å². The minimum atomic E-state index is -4.08. The van der Waals surface area contributed by atoms with Gasteiger partial charge in [0.25, 0.3) is 0 Å². The maximum atomic E-state index is 14.0. The van der Waals surface area contributed by atoms with E-state index in [4.69, 9.17) is 28.4 Å². The molecule has 6 rings (SSSR count). The van der Waals surface area contributed by atoms with Crippen LogP contribution >= 0.6 is 11.3 Å². The summed E-state index contributed by atoms with van der Waals surface area (Å²) < 4.78 is 62.8. The van der Waals surface area contributed by atoms with Crippen LogP contribution in [-0.4, -0.2) is 86.0 Å². The normalized spacial score (nSPS) is 21.9. The molecule has 0 aliphatic carbocycles. The van der Waals surface area contributed by atoms with Gasteiger partial charge in [0.2, 0.25) is 16.8 Å². The van der Waals surface area contributed by atoms with Gasteiger partial charge in [-0.2, -0.15) is 4.31 Å². The number of benzene rings is 2. The summed E-state index contributed by atoms with van der Waals surface area (Å²) in [5, 5.41) is 17.4. The van der Waals surface area contributed by atoms with Gasteiger partial charge < -0.3 is 38.8 Å². The van der Waals surface area contributed by atoms with Crippen molar-refractivity contribution in [2.24, 2.45) is 5.92 Å². The molecule has 1 unspecified atom stereocenters. The van der Waals surface area contributed by atoms with Gasteiger partial charge >= 0.3 is 6.09 Å². The van der Waals surface area contributed by atoms with Gasteiger partial charge in [0.1, 0.15) is 18.5 Å². The summed E-state index contributed by atoms with van der Waals surface area (Å²) in [6, 6.07) is 10.4. The Balaban J connectivity index is 1.19. The Kier molecular flexibility index (Phi) is 10.7. The van der Waals surface area contributed by atoms with Crippen LogP contribution in [0.2, 0.25) is 0 Å². The molecule has 6 atom stereocenters. The van der Waals surface area contributed by atoms with Crippen LogP contribution in [0.5, 0.6) is 17.2 Å². The first-order valence-corrected chi connectivity index (χ1v) is 18.4. The number of sulfonamides is 1. The fourth-order valence-electron chi connectivity index (χ4n) is 5.96. The van der Waals surface area contributed by atoms with E-state index in [0.29, 0.717) is 43.3 Å². The number of fused-ring (bicyclic) bond motifs is 2. The molecule has 48 heavy (non-hydrogen) atoms. The molecule has 1 amide bonds. The molecule has 0 bridgehead atoms. The van der Waals surface area contributed by atoms with Crippen LogP contribution in [0.3, 0.4) is 0 Å². The largest absolute Gasteiger partial charge is 0.487 e. The second-order valence-corrected chi connectivity index (χ2v) is 15.1. The highest BCUT2D eigenvalue weighted by Gasteiger charge is 2.44. The average Bonchev–Trinajstić information content (AvgIpc) is 3.89. The van der Waals surface area contributed by atoms with Crippen molar-refractivity contribution < 1.29 is 46.7 Å². The molecule has 4 heterocycles. The molecule has 1 aromatic heterocycles. The van der Waals surface area contributed by atoms with E-state index in [2.05, 4.69) is 10.3 Å². The maximum Gasteiger partial charge on any atom is 0.407 e. The molecule has 3 aliphatic heterocycles. The van der Waals surface area contributed by atoms with E-state index in [0.717, 1.165) is 16.3 Å². The summed E-state index contributed by atoms with van der Waals surface area (Å²) in [5.74, 6) is 1.38. The predicted octanol–water partition coefficient (Wildman–Crippen LogP) is 4.01. The van der Waals surface area contributed by atoms with Crippen LogP contribution in [0.1, 0.15) is 43.0 Å². The van der Waals surface area contributed by atoms with Crippen molar-refractivity contribution in [2.45, 2.75) is 82.1 Å². The highest BCUT2D eigenvalue weighted by molar-refractivity contribution is 7.89. The number of carbonyl (C=O) groups is 1. The predicted molar refractivity (Wildman–Crippen MR) is 175 cm³/mol. The quantitative estimate of drug-likeness (QED) is 0.250. The molecule has 0 spiro atoms. The van der Waals surface area contributed by atoms with Crippen LogP contribution in [0.25, 0.3) is 0 Å². The first kappa shape index (κ1) is 34.4. The van der Waals surface area contributed by atoms with E-state index >= 15 is 0 Å². The molecule has 2 N–H and O–H groups in total. The third kappa shape index (κ3) is 7.87. The molecule has 0 radical (unpaired) electrons. The van der Waals surface area contributed by atoms with Crippen LogP contribution in [0.15, 0.2) is 52.7 Å². The van der Waals surface area contributed by atoms with Crippen molar-refractivity contribution in [2.75, 3.05) is 26.6 Å². The first-order valence-electron chi connectivity index (χ1n) is 16.0. The van der Waals surface area contributed by atoms with Crippen LogP contribution in [0, 0.1) is 12.8 Å². The molecule has 2 saturated heterocycles. The van der Waals surface area contributed by atoms with E-state index in [1.807, 2.05) is 43.5 Å². The van der Waals surface area contributed by atoms with E-state index in [9.17, 15) is 18.3 Å². The van der Waals surface area contributed by atoms with Gasteiger partial charge in [-0.1, -0.05) is 19.1 Å². The van der Waals surface area contributed by atoms with Gasteiger partial charge in [-0.25, -0.2) is 18.2 Å². The van der Waals surface area contributed by atoms with E-state index in [1.165, 1.54) is 16.4 Å². The van der Waals surface area contributed by atoms with E-state index < -0.39 is 46.7 Å². The summed E-state index contributed by atoms with van der Waals surface area (Å²) in [4.78, 5) is 17.7. The highest BCUT2D eigenvalue weighted by Crippen LogP contribution is 2.36. The number of nitrogens with one attached hydrogen (secondary N) is 1. The number of alkyl carbamates (subject to hydrolysis) is 1. The lowest BCUT2D eigenvalue weighted by atomic mass is 10.0. The summed E-state index contributed by atoms with van der Waals surface area (Å²) in [6.45, 7) is 6.40. The van der Waals surface area contributed by atoms with Gasteiger partial charge in [0.15, 0.2) is 17.8 Å². The smallest absolute Gasteiger partial charge is 0.407 e. The standard InChI is InChI=1S/C33H41N3O10S2/c1-4-20(2)36(48(39,40)25-9-10-29-30(14-25)45-19-44-29)15-28(37)27(35-33(38)46-31-17-43-32-26(31)11-12-41-32)13-22-5-7-24(8-6-22)42-16-23-18-47-21(3)34-23/h5-10,14,18,20,26-28,31-32,37H,4,11-13,15-17,19H2,1-3H3,(H,35,38)/t20?,26-,27-,28+,31-,32+/m0/s1. The molecule has 0 saturated carbocycles. The van der Waals surface area contributed by atoms with Crippen molar-refractivity contribution in [3.8, 4) is 17.2 Å². The summed E-state index contributed by atoms with van der Waals surface area (Å²) in [5.41, 5.74) is 1.63. The lowest BCUT2D eigenvalue weighted by Crippen LogP contribution is -2.52. The number of aryl methyl sites for hydroxylation is 1. The molecule has 3 aliphatic rings. The van der Waals surface area contributed by atoms with Gasteiger partial charge in [0, 0.05) is 24.0 Å². The fraction of sp³-hybridized carbons (Fsp3) is 0.515. The molecular formula is C33H41N3O10S2. The molecule has 13 nitrogen and oxygen atoms in total. The zero-order chi connectivity index (χ0) is 33.8. The first-order chi connectivity index (χ1) is 23.1. The van der Waals surface area contributed by atoms with E-state index in [1.54, 1.807) is 24.3 Å². The summed E-state index contributed by atoms with van der Waals surface area (Å²) >= 11 is 1.56. The average molecular weight is 704 g/mol. The number of nitrogens with zero attached hydrogens (tertiary/aromatic N) is 2. The number of ether oxygens (including phenoxy) is 6. The zero-order valence-corrected chi connectivity index (χ0v) is 28.7. The van der Waals surface area contributed by atoms with Gasteiger partial charge in [-0.3, -0.25) is 0 Å². The second kappa shape index (κ2) is 15.0. The minimum Gasteiger partial charge on any atom is -0.487 e. The number of amides is 1. The van der Waals surface area contributed by atoms with E-state index in [-0.39, 0.29) is 37.2 Å². The molecular weight excluding hydrogens is 663 g/mol. The summed E-state index contributed by atoms with van der Waals surface area (Å²) in [6.07, 6.45) is -1.52. The Morgan fingerprint density at radius 1 is 1.17 bits per heavy atom. The third-order valence-electron chi connectivity index (χ3n) is 8.84. The van der Waals surface area contributed by atoms with Gasteiger partial charge in [-0.05, 0) is 62.9 Å². The lowest BCUT2D eigenvalue weighted by Gasteiger charge is -2.33. The Morgan fingerprint density at radius 2 is 1.96 bits per heavy atom. The van der Waals surface area contributed by atoms with Crippen LogP contribution < -0.4 is 19.5 Å². The van der Waals surface area contributed by atoms with Crippen molar-refractivity contribution in [3.63, 3.8) is 0 Å². The summed E-state index contributed by atoms with van der Waals surface area (Å²) in [7, 11) is -4.08. The Morgan fingerprint density at radius 3 is 2.71 bits per heavy atom. The number of carbonyl (C=O) groups excluding carboxylic acids is 1. The van der Waals surface area contributed by atoms with Crippen LogP contribution in [-0.2, 0) is 37.3 Å². The maximum absolute atomic E-state index is 14.0. The second-order valence-electron chi connectivity index (χ2n) is 12.1. The van der Waals surface area contributed by atoms with Gasteiger partial charge in [-0.15, -0.1) is 11.3 Å². The van der Waals surface area contributed by atoms with Crippen molar-refractivity contribution in [1.82, 2.24) is 14.6 Å². The monoisotopic (exact) mass is 703 g/mol. The number of aliphatic hydroxyl groups excluding tert-OH is 1. The Hall–Kier alpha value is -3.47. The number of rotatable bonds is 14. The molecule has 260 valence electrons. The number of hydrogen-bond acceptors (Lipinski definition) is 12. The molecule has 3 aromatic rings. The van der Waals surface area contributed by atoms with Crippen molar-refractivity contribution in [3.05, 3.63) is 64.1 Å². The lowest BCUT2D eigenvalue weighted by molar-refractivity contribution is -0.0907. The number of aliphatic hydroxyl groups is 1. The topological polar surface area (TPSA) is 155 Å². The molecule has 15 heteroatoms. The number of thiazole rings is 1. The zero-order valence-electron chi connectivity index (χ0n) is 27.1. The van der Waals surface area contributed by atoms with Crippen molar-refractivity contribution in [1.29, 1.82) is 0 Å². The Bertz CT molecular complexity index is 1670.